The number of benzene rings is 1. The summed E-state index contributed by atoms with van der Waals surface area (Å²) in [6.45, 7) is 0.900. The number of aliphatic hydroxyl groups excluding tert-OH is 1. The van der Waals surface area contributed by atoms with Crippen molar-refractivity contribution in [1.82, 2.24) is 4.90 Å². The third kappa shape index (κ3) is 4.55. The average molecular weight is 287 g/mol. The van der Waals surface area contributed by atoms with Gasteiger partial charge in [-0.3, -0.25) is 9.69 Å². The molecule has 112 valence electrons. The Kier molecular flexibility index (Phi) is 5.73. The van der Waals surface area contributed by atoms with E-state index >= 15 is 0 Å². The molecule has 0 saturated heterocycles. The predicted octanol–water partition coefficient (Wildman–Crippen LogP) is 1.73. The van der Waals surface area contributed by atoms with Gasteiger partial charge in [0.1, 0.15) is 0 Å². The van der Waals surface area contributed by atoms with Crippen LogP contribution in [0.2, 0.25) is 0 Å². The van der Waals surface area contributed by atoms with E-state index in [4.69, 9.17) is 10.4 Å². The molecule has 1 aliphatic rings. The van der Waals surface area contributed by atoms with Crippen molar-refractivity contribution in [1.29, 1.82) is 5.26 Å². The molecule has 0 unspecified atom stereocenters. The Hall–Kier alpha value is -1.90. The molecule has 0 radical (unpaired) electrons. The van der Waals surface area contributed by atoms with Crippen molar-refractivity contribution in [3.8, 4) is 6.07 Å². The van der Waals surface area contributed by atoms with Gasteiger partial charge in [0.15, 0.2) is 0 Å². The molecule has 5 nitrogen and oxygen atoms in total. The van der Waals surface area contributed by atoms with E-state index in [9.17, 15) is 4.79 Å². The van der Waals surface area contributed by atoms with Gasteiger partial charge >= 0.3 is 0 Å². The quantitative estimate of drug-likeness (QED) is 0.835. The van der Waals surface area contributed by atoms with Crippen LogP contribution in [0.15, 0.2) is 24.3 Å². The van der Waals surface area contributed by atoms with Gasteiger partial charge in [0.05, 0.1) is 24.8 Å². The Bertz CT molecular complexity index is 501. The fraction of sp³-hybridized carbons (Fsp3) is 0.500. The standard InChI is InChI=1S/C16H21N3O2/c17-11-13-5-7-14(8-6-13)18-16(21)12-19(9-10-20)15-3-1-2-4-15/h5-8,15,20H,1-4,9-10,12H2,(H,18,21). The van der Waals surface area contributed by atoms with Crippen molar-refractivity contribution in [2.45, 2.75) is 31.7 Å². The summed E-state index contributed by atoms with van der Waals surface area (Å²) in [5.41, 5.74) is 1.26. The van der Waals surface area contributed by atoms with Crippen molar-refractivity contribution >= 4 is 11.6 Å². The minimum Gasteiger partial charge on any atom is -0.395 e. The van der Waals surface area contributed by atoms with Crippen LogP contribution in [0.1, 0.15) is 31.2 Å². The van der Waals surface area contributed by atoms with E-state index in [0.717, 1.165) is 12.8 Å². The Morgan fingerprint density at radius 3 is 2.57 bits per heavy atom. The van der Waals surface area contributed by atoms with Crippen LogP contribution >= 0.6 is 0 Å². The zero-order valence-electron chi connectivity index (χ0n) is 12.1. The van der Waals surface area contributed by atoms with Gasteiger partial charge in [0.25, 0.3) is 0 Å². The van der Waals surface area contributed by atoms with Gasteiger partial charge in [-0.2, -0.15) is 5.26 Å². The topological polar surface area (TPSA) is 76.4 Å². The SMILES string of the molecule is N#Cc1ccc(NC(=O)CN(CCO)C2CCCC2)cc1. The molecular weight excluding hydrogens is 266 g/mol. The van der Waals surface area contributed by atoms with Gasteiger partial charge in [-0.05, 0) is 37.1 Å². The molecule has 0 aliphatic heterocycles. The molecule has 0 bridgehead atoms. The van der Waals surface area contributed by atoms with Crippen LogP contribution in [-0.2, 0) is 4.79 Å². The Labute approximate surface area is 125 Å². The molecule has 1 aromatic carbocycles. The number of anilines is 1. The van der Waals surface area contributed by atoms with Crippen LogP contribution < -0.4 is 5.32 Å². The van der Waals surface area contributed by atoms with Crippen molar-refractivity contribution in [3.05, 3.63) is 29.8 Å². The van der Waals surface area contributed by atoms with Crippen molar-refractivity contribution < 1.29 is 9.90 Å². The van der Waals surface area contributed by atoms with Gasteiger partial charge in [0, 0.05) is 18.3 Å². The molecule has 1 fully saturated rings. The monoisotopic (exact) mass is 287 g/mol. The highest BCUT2D eigenvalue weighted by molar-refractivity contribution is 5.92. The molecule has 0 spiro atoms. The molecule has 1 aliphatic carbocycles. The summed E-state index contributed by atoms with van der Waals surface area (Å²) in [7, 11) is 0. The van der Waals surface area contributed by atoms with E-state index in [2.05, 4.69) is 10.2 Å². The molecule has 2 rings (SSSR count). The molecule has 1 aromatic rings. The molecule has 21 heavy (non-hydrogen) atoms. The Morgan fingerprint density at radius 1 is 1.33 bits per heavy atom. The lowest BCUT2D eigenvalue weighted by molar-refractivity contribution is -0.118. The molecule has 0 heterocycles. The lowest BCUT2D eigenvalue weighted by Crippen LogP contribution is -2.41. The summed E-state index contributed by atoms with van der Waals surface area (Å²) >= 11 is 0. The first-order chi connectivity index (χ1) is 10.2. The van der Waals surface area contributed by atoms with Gasteiger partial charge in [-0.1, -0.05) is 12.8 Å². The van der Waals surface area contributed by atoms with Gasteiger partial charge in [-0.25, -0.2) is 0 Å². The van der Waals surface area contributed by atoms with Crippen LogP contribution in [0.5, 0.6) is 0 Å². The fourth-order valence-electron chi connectivity index (χ4n) is 2.80. The molecule has 5 heteroatoms. The Morgan fingerprint density at radius 2 is 2.00 bits per heavy atom. The van der Waals surface area contributed by atoms with E-state index in [1.807, 2.05) is 6.07 Å². The van der Waals surface area contributed by atoms with Crippen LogP contribution in [0, 0.1) is 11.3 Å². The second-order valence-electron chi connectivity index (χ2n) is 5.37. The van der Waals surface area contributed by atoms with Crippen LogP contribution in [-0.4, -0.2) is 41.7 Å². The summed E-state index contributed by atoms with van der Waals surface area (Å²) in [6.07, 6.45) is 4.60. The third-order valence-electron chi connectivity index (χ3n) is 3.87. The maximum absolute atomic E-state index is 12.1. The van der Waals surface area contributed by atoms with Crippen LogP contribution in [0.25, 0.3) is 0 Å². The minimum atomic E-state index is -0.0833. The van der Waals surface area contributed by atoms with Gasteiger partial charge < -0.3 is 10.4 Å². The first kappa shape index (κ1) is 15.5. The zero-order chi connectivity index (χ0) is 15.1. The number of hydrogen-bond donors (Lipinski definition) is 2. The summed E-state index contributed by atoms with van der Waals surface area (Å²) in [6, 6.07) is 9.26. The van der Waals surface area contributed by atoms with Crippen molar-refractivity contribution in [2.24, 2.45) is 0 Å². The predicted molar refractivity (Wildman–Crippen MR) is 80.7 cm³/mol. The van der Waals surface area contributed by atoms with Crippen LogP contribution in [0.3, 0.4) is 0 Å². The maximum Gasteiger partial charge on any atom is 0.238 e. The molecule has 1 saturated carbocycles. The number of nitrogens with zero attached hydrogens (tertiary/aromatic N) is 2. The first-order valence-corrected chi connectivity index (χ1v) is 7.38. The second-order valence-corrected chi connectivity index (χ2v) is 5.37. The molecule has 2 N–H and O–H groups in total. The highest BCUT2D eigenvalue weighted by Gasteiger charge is 2.23. The maximum atomic E-state index is 12.1. The lowest BCUT2D eigenvalue weighted by Gasteiger charge is -2.27. The number of carbonyl (C=O) groups excluding carboxylic acids is 1. The zero-order valence-corrected chi connectivity index (χ0v) is 12.1. The van der Waals surface area contributed by atoms with E-state index in [1.54, 1.807) is 24.3 Å². The number of carbonyl (C=O) groups is 1. The van der Waals surface area contributed by atoms with E-state index < -0.39 is 0 Å². The van der Waals surface area contributed by atoms with Gasteiger partial charge in [-0.15, -0.1) is 0 Å². The average Bonchev–Trinajstić information content (AvgIpc) is 3.02. The summed E-state index contributed by atoms with van der Waals surface area (Å²) < 4.78 is 0. The number of nitrogens with one attached hydrogen (secondary N) is 1. The number of rotatable bonds is 6. The van der Waals surface area contributed by atoms with Crippen molar-refractivity contribution in [2.75, 3.05) is 25.0 Å². The van der Waals surface area contributed by atoms with Crippen LogP contribution in [0.4, 0.5) is 5.69 Å². The van der Waals surface area contributed by atoms with Crippen molar-refractivity contribution in [3.63, 3.8) is 0 Å². The summed E-state index contributed by atoms with van der Waals surface area (Å²) in [5, 5.41) is 20.7. The largest absolute Gasteiger partial charge is 0.395 e. The molecule has 0 atom stereocenters. The first-order valence-electron chi connectivity index (χ1n) is 7.38. The number of amides is 1. The van der Waals surface area contributed by atoms with E-state index in [-0.39, 0.29) is 12.5 Å². The molecule has 0 aromatic heterocycles. The third-order valence-corrected chi connectivity index (χ3v) is 3.87. The smallest absolute Gasteiger partial charge is 0.238 e. The fourth-order valence-corrected chi connectivity index (χ4v) is 2.80. The number of nitriles is 1. The molecular formula is C16H21N3O2. The van der Waals surface area contributed by atoms with E-state index in [0.29, 0.717) is 30.4 Å². The lowest BCUT2D eigenvalue weighted by atomic mass is 10.2. The highest BCUT2D eigenvalue weighted by Crippen LogP contribution is 2.23. The summed E-state index contributed by atoms with van der Waals surface area (Å²) in [4.78, 5) is 14.2. The number of hydrogen-bond acceptors (Lipinski definition) is 4. The molecule has 1 amide bonds. The Balaban J connectivity index is 1.90. The minimum absolute atomic E-state index is 0.0701. The normalized spacial score (nSPS) is 15.1. The number of aliphatic hydroxyl groups is 1. The highest BCUT2D eigenvalue weighted by atomic mass is 16.3. The summed E-state index contributed by atoms with van der Waals surface area (Å²) in [5.74, 6) is -0.0833. The van der Waals surface area contributed by atoms with Gasteiger partial charge in [0.2, 0.25) is 5.91 Å². The van der Waals surface area contributed by atoms with E-state index in [1.165, 1.54) is 12.8 Å². The second kappa shape index (κ2) is 7.77.